The van der Waals surface area contributed by atoms with E-state index < -0.39 is 53.1 Å². The van der Waals surface area contributed by atoms with Gasteiger partial charge in [0.15, 0.2) is 0 Å². The van der Waals surface area contributed by atoms with Crippen molar-refractivity contribution in [3.63, 3.8) is 0 Å². The maximum Gasteiger partial charge on any atom is 0.353 e. The molecule has 4 heterocycles. The van der Waals surface area contributed by atoms with Gasteiger partial charge in [-0.25, -0.2) is 9.59 Å². The second-order valence-electron chi connectivity index (χ2n) is 11.6. The summed E-state index contributed by atoms with van der Waals surface area (Å²) in [7, 11) is 0. The molecule has 3 aliphatic heterocycles. The quantitative estimate of drug-likeness (QED) is 0.155. The zero-order valence-electron chi connectivity index (χ0n) is 26.3. The normalized spacial score (nSPS) is 19.8. The number of phenols is 1. The molecule has 0 bridgehead atoms. The van der Waals surface area contributed by atoms with Crippen LogP contribution in [0.2, 0.25) is 0 Å². The van der Waals surface area contributed by atoms with E-state index in [1.807, 2.05) is 42.5 Å². The number of thioether (sulfide) groups is 2. The molecule has 2 fully saturated rings. The molecule has 3 aromatic carbocycles. The van der Waals surface area contributed by atoms with E-state index in [4.69, 9.17) is 4.42 Å². The zero-order valence-corrected chi connectivity index (χ0v) is 28.0. The molecule has 7 rings (SSSR count). The minimum absolute atomic E-state index is 0.0181. The highest BCUT2D eigenvalue weighted by Crippen LogP contribution is 2.46. The fraction of sp³-hybridized carbons (Fsp3) is 0.235. The van der Waals surface area contributed by atoms with Crippen LogP contribution in [-0.2, 0) is 24.0 Å². The summed E-state index contributed by atoms with van der Waals surface area (Å²) in [6, 6.07) is 15.2. The predicted molar refractivity (Wildman–Crippen MR) is 183 cm³/mol. The minimum atomic E-state index is -1.57. The van der Waals surface area contributed by atoms with Gasteiger partial charge in [0.1, 0.15) is 40.1 Å². The molecule has 0 radical (unpaired) electrons. The van der Waals surface area contributed by atoms with Crippen molar-refractivity contribution in [2.45, 2.75) is 29.3 Å². The van der Waals surface area contributed by atoms with Gasteiger partial charge in [0.25, 0.3) is 5.91 Å². The number of rotatable bonds is 8. The highest BCUT2D eigenvalue weighted by molar-refractivity contribution is 8.06. The molecule has 50 heavy (non-hydrogen) atoms. The average molecular weight is 716 g/mol. The first-order chi connectivity index (χ1) is 24.1. The molecule has 3 aliphatic rings. The molecule has 14 nitrogen and oxygen atoms in total. The Bertz CT molecular complexity index is 2150. The SMILES string of the molecule is CCN1CCN(C(=O)NC(C(=O)N[C@@H]2C(=O)N3C(C(=O)O)=C(Sc4ccc5c(c4)oc4ccccc45)CS[C@@H]23)c2ccccc2O)C(=O)C1=O. The number of nitrogens with one attached hydrogen (secondary N) is 2. The Balaban J connectivity index is 1.10. The van der Waals surface area contributed by atoms with Crippen LogP contribution in [0.25, 0.3) is 21.9 Å². The number of nitrogens with zero attached hydrogens (tertiary/aromatic N) is 3. The van der Waals surface area contributed by atoms with Gasteiger partial charge in [-0.3, -0.25) is 29.0 Å². The van der Waals surface area contributed by atoms with E-state index in [0.717, 1.165) is 26.2 Å². The Morgan fingerprint density at radius 1 is 0.980 bits per heavy atom. The Morgan fingerprint density at radius 2 is 1.72 bits per heavy atom. The fourth-order valence-corrected chi connectivity index (χ4v) is 8.71. The number of aliphatic carboxylic acids is 1. The fourth-order valence-electron chi connectivity index (χ4n) is 6.21. The van der Waals surface area contributed by atoms with Gasteiger partial charge in [-0.2, -0.15) is 0 Å². The number of imide groups is 1. The van der Waals surface area contributed by atoms with Crippen molar-refractivity contribution in [2.75, 3.05) is 25.4 Å². The van der Waals surface area contributed by atoms with Crippen molar-refractivity contribution in [1.29, 1.82) is 0 Å². The molecule has 4 aromatic rings. The molecule has 0 saturated carbocycles. The summed E-state index contributed by atoms with van der Waals surface area (Å²) >= 11 is 2.48. The number of carbonyl (C=O) groups is 6. The first-order valence-electron chi connectivity index (χ1n) is 15.6. The van der Waals surface area contributed by atoms with Crippen LogP contribution in [-0.4, -0.2) is 97.3 Å². The number of likely N-dealkylation sites (N-methyl/N-ethyl adjacent to an activating group) is 1. The third-order valence-corrected chi connectivity index (χ3v) is 11.3. The summed E-state index contributed by atoms with van der Waals surface area (Å²) in [4.78, 5) is 82.3. The minimum Gasteiger partial charge on any atom is -0.508 e. The number of piperazine rings is 1. The second kappa shape index (κ2) is 13.1. The van der Waals surface area contributed by atoms with Gasteiger partial charge < -0.3 is 30.2 Å². The van der Waals surface area contributed by atoms with Crippen LogP contribution in [0.4, 0.5) is 4.79 Å². The molecule has 256 valence electrons. The number of hydrogen-bond donors (Lipinski definition) is 4. The monoisotopic (exact) mass is 715 g/mol. The lowest BCUT2D eigenvalue weighted by Gasteiger charge is -2.49. The van der Waals surface area contributed by atoms with Crippen molar-refractivity contribution in [2.24, 2.45) is 0 Å². The van der Waals surface area contributed by atoms with Crippen molar-refractivity contribution < 1.29 is 43.4 Å². The Kier molecular flexibility index (Phi) is 8.65. The average Bonchev–Trinajstić information content (AvgIpc) is 3.48. The van der Waals surface area contributed by atoms with Crippen LogP contribution in [0.1, 0.15) is 18.5 Å². The number of urea groups is 1. The van der Waals surface area contributed by atoms with Crippen LogP contribution < -0.4 is 10.6 Å². The number of aromatic hydroxyl groups is 1. The highest BCUT2D eigenvalue weighted by atomic mass is 32.2. The van der Waals surface area contributed by atoms with Crippen LogP contribution in [0, 0.1) is 0 Å². The lowest BCUT2D eigenvalue weighted by molar-refractivity contribution is -0.153. The molecule has 1 unspecified atom stereocenters. The Morgan fingerprint density at radius 3 is 2.48 bits per heavy atom. The van der Waals surface area contributed by atoms with Crippen LogP contribution in [0.15, 0.2) is 86.6 Å². The molecule has 0 spiro atoms. The number of fused-ring (bicyclic) bond motifs is 4. The molecule has 4 N–H and O–H groups in total. The standard InChI is InChI=1S/C34H29N5O9S2/c1-2-37-13-14-38(31(44)30(37)43)34(47)36-25(20-8-3-5-9-21(20)40)28(41)35-26-29(42)39-27(33(45)46)24(16-49-32(26)39)50-17-11-12-19-18-7-4-6-10-22(18)48-23(19)15-17/h3-12,15,25-26,32,40H,2,13-14,16H2,1H3,(H,35,41)(H,36,47)(H,45,46)/t25?,26-,32+/m1/s1. The maximum absolute atomic E-state index is 13.7. The first kappa shape index (κ1) is 33.0. The topological polar surface area (TPSA) is 190 Å². The van der Waals surface area contributed by atoms with E-state index in [9.17, 15) is 39.0 Å². The molecule has 6 amide bonds. The van der Waals surface area contributed by atoms with Crippen LogP contribution >= 0.6 is 23.5 Å². The molecular formula is C34H29N5O9S2. The van der Waals surface area contributed by atoms with Crippen molar-refractivity contribution in [3.8, 4) is 5.75 Å². The lowest BCUT2D eigenvalue weighted by atomic mass is 10.0. The number of amides is 6. The van der Waals surface area contributed by atoms with Gasteiger partial charge in [-0.15, -0.1) is 11.8 Å². The van der Waals surface area contributed by atoms with Crippen molar-refractivity contribution >= 4 is 81.1 Å². The van der Waals surface area contributed by atoms with Gasteiger partial charge in [0.05, 0.1) is 0 Å². The Hall–Kier alpha value is -5.48. The number of benzene rings is 3. The van der Waals surface area contributed by atoms with Crippen molar-refractivity contribution in [3.05, 3.63) is 82.9 Å². The highest BCUT2D eigenvalue weighted by Gasteiger charge is 2.55. The van der Waals surface area contributed by atoms with E-state index in [-0.39, 0.29) is 42.4 Å². The van der Waals surface area contributed by atoms with Gasteiger partial charge in [0.2, 0.25) is 5.91 Å². The van der Waals surface area contributed by atoms with E-state index in [1.54, 1.807) is 6.92 Å². The summed E-state index contributed by atoms with van der Waals surface area (Å²) in [5.74, 6) is -4.88. The predicted octanol–water partition coefficient (Wildman–Crippen LogP) is 3.22. The lowest BCUT2D eigenvalue weighted by Crippen LogP contribution is -2.71. The Labute approximate surface area is 292 Å². The summed E-state index contributed by atoms with van der Waals surface area (Å²) in [5.41, 5.74) is 1.16. The number of carboxylic acids is 1. The molecular weight excluding hydrogens is 687 g/mol. The third-order valence-electron chi connectivity index (χ3n) is 8.74. The number of carbonyl (C=O) groups excluding carboxylic acids is 5. The molecule has 16 heteroatoms. The maximum atomic E-state index is 13.7. The van der Waals surface area contributed by atoms with E-state index in [1.165, 1.54) is 52.7 Å². The third kappa shape index (κ3) is 5.69. The molecule has 1 aromatic heterocycles. The number of hydrogen-bond acceptors (Lipinski definition) is 10. The number of para-hydroxylation sites is 2. The van der Waals surface area contributed by atoms with Gasteiger partial charge in [-0.05, 0) is 37.3 Å². The number of carboxylic acid groups (broad SMARTS) is 1. The largest absolute Gasteiger partial charge is 0.508 e. The van der Waals surface area contributed by atoms with Crippen molar-refractivity contribution in [1.82, 2.24) is 25.3 Å². The van der Waals surface area contributed by atoms with E-state index >= 15 is 0 Å². The summed E-state index contributed by atoms with van der Waals surface area (Å²) < 4.78 is 5.98. The summed E-state index contributed by atoms with van der Waals surface area (Å²) in [5, 5.41) is 26.9. The molecule has 2 saturated heterocycles. The summed E-state index contributed by atoms with van der Waals surface area (Å²) in [6.45, 7) is 1.99. The second-order valence-corrected chi connectivity index (χ2v) is 13.9. The first-order valence-corrected chi connectivity index (χ1v) is 17.4. The zero-order chi connectivity index (χ0) is 35.3. The number of furan rings is 1. The van der Waals surface area contributed by atoms with Gasteiger partial charge in [-0.1, -0.05) is 48.2 Å². The van der Waals surface area contributed by atoms with E-state index in [2.05, 4.69) is 10.6 Å². The summed E-state index contributed by atoms with van der Waals surface area (Å²) in [6.07, 6.45) is 0. The number of β-lactam (4-membered cyclic amide) rings is 1. The molecule has 0 aliphatic carbocycles. The van der Waals surface area contributed by atoms with Gasteiger partial charge in [0, 0.05) is 51.5 Å². The molecule has 3 atom stereocenters. The number of phenolic OH excluding ortho intramolecular Hbond substituents is 1. The van der Waals surface area contributed by atoms with Crippen LogP contribution in [0.5, 0.6) is 5.75 Å². The smallest absolute Gasteiger partial charge is 0.353 e. The van der Waals surface area contributed by atoms with Gasteiger partial charge >= 0.3 is 23.8 Å². The van der Waals surface area contributed by atoms with E-state index in [0.29, 0.717) is 15.4 Å². The van der Waals surface area contributed by atoms with Crippen LogP contribution in [0.3, 0.4) is 0 Å².